The van der Waals surface area contributed by atoms with Crippen LogP contribution in [0.25, 0.3) is 0 Å². The summed E-state index contributed by atoms with van der Waals surface area (Å²) in [5.74, 6) is 0.0234. The van der Waals surface area contributed by atoms with Gasteiger partial charge in [0.25, 0.3) is 5.91 Å². The third-order valence-corrected chi connectivity index (χ3v) is 3.29. The van der Waals surface area contributed by atoms with Gasteiger partial charge in [-0.1, -0.05) is 31.5 Å². The molecule has 0 N–H and O–H groups in total. The molecule has 0 radical (unpaired) electrons. The van der Waals surface area contributed by atoms with E-state index >= 15 is 0 Å². The number of benzene rings is 1. The first-order valence-corrected chi connectivity index (χ1v) is 7.00. The topological polar surface area (TPSA) is 38.1 Å². The molecule has 0 atom stereocenters. The zero-order valence-corrected chi connectivity index (χ0v) is 13.6. The third kappa shape index (κ3) is 4.08. The van der Waals surface area contributed by atoms with E-state index in [9.17, 15) is 4.79 Å². The van der Waals surface area contributed by atoms with Crippen molar-refractivity contribution in [3.63, 3.8) is 0 Å². The van der Waals surface area contributed by atoms with E-state index < -0.39 is 0 Å². The van der Waals surface area contributed by atoms with Crippen LogP contribution >= 0.6 is 12.4 Å². The van der Waals surface area contributed by atoms with Gasteiger partial charge in [0.1, 0.15) is 0 Å². The molecule has 0 saturated heterocycles. The van der Waals surface area contributed by atoms with Crippen LogP contribution in [-0.2, 0) is 7.05 Å². The third-order valence-electron chi connectivity index (χ3n) is 3.29. The van der Waals surface area contributed by atoms with E-state index in [2.05, 4.69) is 12.0 Å². The predicted octanol–water partition coefficient (Wildman–Crippen LogP) is 3.60. The second-order valence-corrected chi connectivity index (χ2v) is 4.95. The standard InChI is InChI=1S/C16H21N3O.ClH/c1-4-5-11-19(14-9-7-6-8-10-14)16(20)15-12-18(3)17-13(15)2;/h6-10,12H,4-5,11H2,1-3H3;1H. The number of amides is 1. The Morgan fingerprint density at radius 1 is 1.29 bits per heavy atom. The SMILES string of the molecule is CCCCN(C(=O)c1cn(C)nc1C)c1ccccc1.Cl. The van der Waals surface area contributed by atoms with Crippen molar-refractivity contribution in [3.05, 3.63) is 47.8 Å². The van der Waals surface area contributed by atoms with Gasteiger partial charge >= 0.3 is 0 Å². The molecule has 0 saturated carbocycles. The van der Waals surface area contributed by atoms with Crippen LogP contribution in [0.4, 0.5) is 5.69 Å². The summed E-state index contributed by atoms with van der Waals surface area (Å²) in [6.07, 6.45) is 3.84. The number of unbranched alkanes of at least 4 members (excludes halogenated alkanes) is 1. The van der Waals surface area contributed by atoms with Crippen LogP contribution in [0.2, 0.25) is 0 Å². The number of nitrogens with zero attached hydrogens (tertiary/aromatic N) is 3. The maximum absolute atomic E-state index is 12.8. The zero-order valence-electron chi connectivity index (χ0n) is 12.7. The Hall–Kier alpha value is -1.81. The summed E-state index contributed by atoms with van der Waals surface area (Å²) in [5.41, 5.74) is 2.39. The van der Waals surface area contributed by atoms with E-state index in [1.165, 1.54) is 0 Å². The fourth-order valence-corrected chi connectivity index (χ4v) is 2.23. The quantitative estimate of drug-likeness (QED) is 0.846. The Labute approximate surface area is 132 Å². The summed E-state index contributed by atoms with van der Waals surface area (Å²) >= 11 is 0. The molecule has 4 nitrogen and oxygen atoms in total. The van der Waals surface area contributed by atoms with Crippen molar-refractivity contribution in [2.75, 3.05) is 11.4 Å². The highest BCUT2D eigenvalue weighted by molar-refractivity contribution is 6.06. The Kier molecular flexibility index (Phi) is 6.43. The molecular formula is C16H22ClN3O. The number of rotatable bonds is 5. The second-order valence-electron chi connectivity index (χ2n) is 4.95. The molecular weight excluding hydrogens is 286 g/mol. The van der Waals surface area contributed by atoms with Gasteiger partial charge in [0, 0.05) is 25.5 Å². The number of aryl methyl sites for hydroxylation is 2. The first-order valence-electron chi connectivity index (χ1n) is 7.00. The molecule has 1 aromatic carbocycles. The van der Waals surface area contributed by atoms with Crippen molar-refractivity contribution in [2.24, 2.45) is 7.05 Å². The van der Waals surface area contributed by atoms with Crippen LogP contribution in [-0.4, -0.2) is 22.2 Å². The summed E-state index contributed by atoms with van der Waals surface area (Å²) in [6.45, 7) is 4.73. The van der Waals surface area contributed by atoms with Gasteiger partial charge in [-0.25, -0.2) is 0 Å². The lowest BCUT2D eigenvalue weighted by atomic mass is 10.2. The van der Waals surface area contributed by atoms with Gasteiger partial charge in [-0.15, -0.1) is 12.4 Å². The predicted molar refractivity (Wildman–Crippen MR) is 88.2 cm³/mol. The highest BCUT2D eigenvalue weighted by Gasteiger charge is 2.20. The maximum atomic E-state index is 12.8. The minimum absolute atomic E-state index is 0. The van der Waals surface area contributed by atoms with Gasteiger partial charge in [0.15, 0.2) is 0 Å². The second kappa shape index (κ2) is 7.84. The molecule has 2 rings (SSSR count). The Bertz CT molecular complexity index is 580. The molecule has 1 aromatic heterocycles. The molecule has 1 amide bonds. The Morgan fingerprint density at radius 2 is 1.95 bits per heavy atom. The van der Waals surface area contributed by atoms with Crippen LogP contribution < -0.4 is 4.90 Å². The molecule has 0 unspecified atom stereocenters. The number of anilines is 1. The van der Waals surface area contributed by atoms with Gasteiger partial charge in [0.05, 0.1) is 11.3 Å². The minimum Gasteiger partial charge on any atom is -0.308 e. The number of para-hydroxylation sites is 1. The van der Waals surface area contributed by atoms with Crippen LogP contribution in [0.15, 0.2) is 36.5 Å². The molecule has 0 bridgehead atoms. The van der Waals surface area contributed by atoms with Crippen LogP contribution in [0.5, 0.6) is 0 Å². The van der Waals surface area contributed by atoms with Crippen molar-refractivity contribution in [3.8, 4) is 0 Å². The summed E-state index contributed by atoms with van der Waals surface area (Å²) < 4.78 is 1.69. The highest BCUT2D eigenvalue weighted by Crippen LogP contribution is 2.19. The smallest absolute Gasteiger partial charge is 0.261 e. The first kappa shape index (κ1) is 17.2. The molecule has 1 heterocycles. The van der Waals surface area contributed by atoms with Gasteiger partial charge in [0.2, 0.25) is 0 Å². The number of hydrogen-bond donors (Lipinski definition) is 0. The fraction of sp³-hybridized carbons (Fsp3) is 0.375. The fourth-order valence-electron chi connectivity index (χ4n) is 2.23. The van der Waals surface area contributed by atoms with Gasteiger partial charge in [-0.2, -0.15) is 5.10 Å². The number of carbonyl (C=O) groups excluding carboxylic acids is 1. The van der Waals surface area contributed by atoms with Crippen LogP contribution in [0.1, 0.15) is 35.8 Å². The lowest BCUT2D eigenvalue weighted by Gasteiger charge is -2.22. The van der Waals surface area contributed by atoms with Gasteiger partial charge in [-0.3, -0.25) is 9.48 Å². The highest BCUT2D eigenvalue weighted by atomic mass is 35.5. The van der Waals surface area contributed by atoms with Gasteiger partial charge in [-0.05, 0) is 25.5 Å². The van der Waals surface area contributed by atoms with Crippen molar-refractivity contribution in [1.82, 2.24) is 9.78 Å². The first-order chi connectivity index (χ1) is 9.63. The van der Waals surface area contributed by atoms with E-state index in [4.69, 9.17) is 0 Å². The Morgan fingerprint density at radius 3 is 2.48 bits per heavy atom. The van der Waals surface area contributed by atoms with Crippen molar-refractivity contribution in [1.29, 1.82) is 0 Å². The summed E-state index contributed by atoms with van der Waals surface area (Å²) in [4.78, 5) is 14.6. The average molecular weight is 308 g/mol. The summed E-state index contributed by atoms with van der Waals surface area (Å²) in [6, 6.07) is 9.81. The van der Waals surface area contributed by atoms with E-state index in [-0.39, 0.29) is 18.3 Å². The largest absolute Gasteiger partial charge is 0.308 e. The van der Waals surface area contributed by atoms with E-state index in [1.807, 2.05) is 49.2 Å². The molecule has 0 spiro atoms. The maximum Gasteiger partial charge on any atom is 0.261 e. The molecule has 0 fully saturated rings. The average Bonchev–Trinajstić information content (AvgIpc) is 2.79. The summed E-state index contributed by atoms with van der Waals surface area (Å²) in [7, 11) is 1.84. The number of hydrogen-bond acceptors (Lipinski definition) is 2. The van der Waals surface area contributed by atoms with Crippen LogP contribution in [0, 0.1) is 6.92 Å². The number of carbonyl (C=O) groups is 1. The molecule has 21 heavy (non-hydrogen) atoms. The molecule has 0 aliphatic rings. The van der Waals surface area contributed by atoms with E-state index in [0.717, 1.165) is 30.8 Å². The monoisotopic (exact) mass is 307 g/mol. The molecule has 5 heteroatoms. The van der Waals surface area contributed by atoms with Crippen molar-refractivity contribution >= 4 is 24.0 Å². The number of halogens is 1. The Balaban J connectivity index is 0.00000220. The van der Waals surface area contributed by atoms with Crippen molar-refractivity contribution in [2.45, 2.75) is 26.7 Å². The molecule has 2 aromatic rings. The normalized spacial score (nSPS) is 10.0. The minimum atomic E-state index is 0. The number of aromatic nitrogens is 2. The summed E-state index contributed by atoms with van der Waals surface area (Å²) in [5, 5.41) is 4.26. The van der Waals surface area contributed by atoms with Crippen molar-refractivity contribution < 1.29 is 4.79 Å². The van der Waals surface area contributed by atoms with Gasteiger partial charge < -0.3 is 4.90 Å². The molecule has 114 valence electrons. The molecule has 0 aliphatic carbocycles. The zero-order chi connectivity index (χ0) is 14.5. The van der Waals surface area contributed by atoms with E-state index in [1.54, 1.807) is 10.9 Å². The van der Waals surface area contributed by atoms with Crippen LogP contribution in [0.3, 0.4) is 0 Å². The van der Waals surface area contributed by atoms with E-state index in [0.29, 0.717) is 5.56 Å². The lowest BCUT2D eigenvalue weighted by Crippen LogP contribution is -2.32. The lowest BCUT2D eigenvalue weighted by molar-refractivity contribution is 0.0986. The molecule has 0 aliphatic heterocycles.